The number of rotatable bonds is 1. The highest BCUT2D eigenvalue weighted by molar-refractivity contribution is 5.28. The van der Waals surface area contributed by atoms with E-state index < -0.39 is 5.67 Å². The van der Waals surface area contributed by atoms with Gasteiger partial charge in [0.2, 0.25) is 0 Å². The van der Waals surface area contributed by atoms with E-state index in [0.29, 0.717) is 6.42 Å². The van der Waals surface area contributed by atoms with E-state index in [1.165, 1.54) is 0 Å². The fourth-order valence-corrected chi connectivity index (χ4v) is 1.95. The van der Waals surface area contributed by atoms with Crippen LogP contribution in [0.4, 0.5) is 4.39 Å². The smallest absolute Gasteiger partial charge is 0.136 e. The first-order valence-electron chi connectivity index (χ1n) is 4.37. The molecule has 0 bridgehead atoms. The SMILES string of the molecule is CC1(C2(F)CC2N)C=CC=CC1. The maximum Gasteiger partial charge on any atom is 0.136 e. The van der Waals surface area contributed by atoms with Gasteiger partial charge in [-0.3, -0.25) is 0 Å². The van der Waals surface area contributed by atoms with E-state index in [1.54, 1.807) is 0 Å². The minimum absolute atomic E-state index is 0.251. The lowest BCUT2D eigenvalue weighted by molar-refractivity contribution is 0.141. The molecule has 2 heteroatoms. The number of nitrogens with two attached hydrogens (primary N) is 1. The zero-order valence-corrected chi connectivity index (χ0v) is 7.26. The molecule has 0 heterocycles. The maximum absolute atomic E-state index is 14.0. The van der Waals surface area contributed by atoms with E-state index in [4.69, 9.17) is 5.73 Å². The standard InChI is InChI=1S/C10H14FN/c1-9(5-3-2-4-6-9)10(11)7-8(10)12/h2-5,8H,6-7,12H2,1H3. The molecule has 0 aliphatic heterocycles. The molecule has 0 amide bonds. The molecule has 66 valence electrons. The number of halogens is 1. The summed E-state index contributed by atoms with van der Waals surface area (Å²) < 4.78 is 14.0. The van der Waals surface area contributed by atoms with Crippen LogP contribution in [-0.4, -0.2) is 11.7 Å². The number of hydrogen-bond acceptors (Lipinski definition) is 1. The Bertz CT molecular complexity index is 259. The molecule has 0 spiro atoms. The normalized spacial score (nSPS) is 51.1. The van der Waals surface area contributed by atoms with Gasteiger partial charge in [0.15, 0.2) is 0 Å². The van der Waals surface area contributed by atoms with Crippen LogP contribution in [0.15, 0.2) is 24.3 Å². The molecule has 3 atom stereocenters. The van der Waals surface area contributed by atoms with Gasteiger partial charge in [0.25, 0.3) is 0 Å². The Hall–Kier alpha value is -0.630. The molecule has 0 radical (unpaired) electrons. The van der Waals surface area contributed by atoms with Gasteiger partial charge in [-0.25, -0.2) is 4.39 Å². The minimum Gasteiger partial charge on any atom is -0.325 e. The molecule has 2 aliphatic rings. The predicted octanol–water partition coefficient (Wildman–Crippen LogP) is 1.95. The average molecular weight is 167 g/mol. The van der Waals surface area contributed by atoms with Crippen LogP contribution in [0, 0.1) is 5.41 Å². The molecular weight excluding hydrogens is 153 g/mol. The molecule has 1 nitrogen and oxygen atoms in total. The summed E-state index contributed by atoms with van der Waals surface area (Å²) in [4.78, 5) is 0. The van der Waals surface area contributed by atoms with Crippen LogP contribution < -0.4 is 5.73 Å². The number of alkyl halides is 1. The van der Waals surface area contributed by atoms with Gasteiger partial charge in [0.05, 0.1) is 0 Å². The van der Waals surface area contributed by atoms with Gasteiger partial charge < -0.3 is 5.73 Å². The van der Waals surface area contributed by atoms with E-state index >= 15 is 0 Å². The molecule has 0 aromatic carbocycles. The van der Waals surface area contributed by atoms with Crippen molar-refractivity contribution in [3.8, 4) is 0 Å². The molecule has 0 aromatic rings. The van der Waals surface area contributed by atoms with Crippen LogP contribution in [0.2, 0.25) is 0 Å². The summed E-state index contributed by atoms with van der Waals surface area (Å²) in [7, 11) is 0. The lowest BCUT2D eigenvalue weighted by Gasteiger charge is -2.31. The fraction of sp³-hybridized carbons (Fsp3) is 0.600. The van der Waals surface area contributed by atoms with Crippen molar-refractivity contribution >= 4 is 0 Å². The molecule has 3 unspecified atom stereocenters. The first-order valence-corrected chi connectivity index (χ1v) is 4.37. The van der Waals surface area contributed by atoms with Crippen molar-refractivity contribution in [1.82, 2.24) is 0 Å². The summed E-state index contributed by atoms with van der Waals surface area (Å²) in [6, 6.07) is -0.251. The summed E-state index contributed by atoms with van der Waals surface area (Å²) in [6.45, 7) is 1.94. The molecule has 12 heavy (non-hydrogen) atoms. The molecule has 2 rings (SSSR count). The number of hydrogen-bond donors (Lipinski definition) is 1. The van der Waals surface area contributed by atoms with Crippen molar-refractivity contribution in [3.05, 3.63) is 24.3 Å². The summed E-state index contributed by atoms with van der Waals surface area (Å²) >= 11 is 0. The van der Waals surface area contributed by atoms with E-state index in [2.05, 4.69) is 0 Å². The van der Waals surface area contributed by atoms with Crippen LogP contribution in [0.1, 0.15) is 19.8 Å². The van der Waals surface area contributed by atoms with Gasteiger partial charge in [-0.2, -0.15) is 0 Å². The highest BCUT2D eigenvalue weighted by Gasteiger charge is 2.63. The first-order chi connectivity index (χ1) is 5.58. The van der Waals surface area contributed by atoms with Crippen LogP contribution in [0.5, 0.6) is 0 Å². The average Bonchev–Trinajstić information content (AvgIpc) is 2.63. The van der Waals surface area contributed by atoms with Gasteiger partial charge in [-0.15, -0.1) is 0 Å². The van der Waals surface area contributed by atoms with Crippen molar-refractivity contribution in [2.45, 2.75) is 31.5 Å². The fourth-order valence-electron chi connectivity index (χ4n) is 1.95. The Labute approximate surface area is 72.1 Å². The second-order valence-corrected chi connectivity index (χ2v) is 4.08. The third-order valence-corrected chi connectivity index (χ3v) is 3.15. The van der Waals surface area contributed by atoms with Crippen molar-refractivity contribution in [2.24, 2.45) is 11.1 Å². The van der Waals surface area contributed by atoms with E-state index in [9.17, 15) is 4.39 Å². The summed E-state index contributed by atoms with van der Waals surface area (Å²) in [6.07, 6.45) is 9.11. The van der Waals surface area contributed by atoms with Gasteiger partial charge >= 0.3 is 0 Å². The Morgan fingerprint density at radius 1 is 1.50 bits per heavy atom. The van der Waals surface area contributed by atoms with Crippen molar-refractivity contribution < 1.29 is 4.39 Å². The molecule has 2 N–H and O–H groups in total. The monoisotopic (exact) mass is 167 g/mol. The Kier molecular flexibility index (Phi) is 1.46. The molecule has 1 saturated carbocycles. The van der Waals surface area contributed by atoms with Gasteiger partial charge in [0.1, 0.15) is 5.67 Å². The van der Waals surface area contributed by atoms with Crippen molar-refractivity contribution in [3.63, 3.8) is 0 Å². The molecular formula is C10H14FN. The second kappa shape index (κ2) is 2.19. The predicted molar refractivity (Wildman–Crippen MR) is 47.4 cm³/mol. The zero-order chi connectivity index (χ0) is 8.82. The molecule has 0 saturated heterocycles. The van der Waals surface area contributed by atoms with E-state index in [0.717, 1.165) is 6.42 Å². The Morgan fingerprint density at radius 2 is 2.17 bits per heavy atom. The zero-order valence-electron chi connectivity index (χ0n) is 7.26. The topological polar surface area (TPSA) is 26.0 Å². The van der Waals surface area contributed by atoms with Crippen LogP contribution in [-0.2, 0) is 0 Å². The van der Waals surface area contributed by atoms with Crippen LogP contribution in [0.25, 0.3) is 0 Å². The van der Waals surface area contributed by atoms with Crippen LogP contribution in [0.3, 0.4) is 0 Å². The van der Waals surface area contributed by atoms with E-state index in [1.807, 2.05) is 31.2 Å². The molecule has 1 fully saturated rings. The second-order valence-electron chi connectivity index (χ2n) is 4.08. The van der Waals surface area contributed by atoms with Gasteiger partial charge in [-0.1, -0.05) is 31.2 Å². The van der Waals surface area contributed by atoms with Gasteiger partial charge in [0, 0.05) is 17.9 Å². The third-order valence-electron chi connectivity index (χ3n) is 3.15. The quantitative estimate of drug-likeness (QED) is 0.634. The molecule has 2 aliphatic carbocycles. The highest BCUT2D eigenvalue weighted by Crippen LogP contribution is 2.55. The van der Waals surface area contributed by atoms with Gasteiger partial charge in [-0.05, 0) is 6.42 Å². The largest absolute Gasteiger partial charge is 0.325 e. The van der Waals surface area contributed by atoms with Crippen LogP contribution >= 0.6 is 0 Å². The number of allylic oxidation sites excluding steroid dienone is 4. The summed E-state index contributed by atoms with van der Waals surface area (Å²) in [5.74, 6) is 0. The van der Waals surface area contributed by atoms with Crippen molar-refractivity contribution in [1.29, 1.82) is 0 Å². The third kappa shape index (κ3) is 0.876. The van der Waals surface area contributed by atoms with E-state index in [-0.39, 0.29) is 11.5 Å². The van der Waals surface area contributed by atoms with Crippen molar-refractivity contribution in [2.75, 3.05) is 0 Å². The lowest BCUT2D eigenvalue weighted by atomic mass is 9.77. The lowest BCUT2D eigenvalue weighted by Crippen LogP contribution is -2.34. The Morgan fingerprint density at radius 3 is 2.58 bits per heavy atom. The highest BCUT2D eigenvalue weighted by atomic mass is 19.1. The maximum atomic E-state index is 14.0. The first kappa shape index (κ1) is 7.99. The molecule has 0 aromatic heterocycles. The summed E-state index contributed by atoms with van der Waals surface area (Å²) in [5.41, 5.74) is 4.08. The summed E-state index contributed by atoms with van der Waals surface area (Å²) in [5, 5.41) is 0. The Balaban J connectivity index is 2.22. The minimum atomic E-state index is -1.14.